The van der Waals surface area contributed by atoms with Crippen LogP contribution in [-0.2, 0) is 28.7 Å². The molecule has 200 valence electrons. The van der Waals surface area contributed by atoms with Crippen molar-refractivity contribution in [1.29, 1.82) is 0 Å². The van der Waals surface area contributed by atoms with Crippen LogP contribution in [0.15, 0.2) is 0 Å². The molecular weight excluding hydrogens is 448 g/mol. The minimum absolute atomic E-state index is 0.0548. The van der Waals surface area contributed by atoms with Crippen LogP contribution in [0.5, 0.6) is 0 Å². The number of esters is 1. The van der Waals surface area contributed by atoms with E-state index in [2.05, 4.69) is 10.6 Å². The fourth-order valence-corrected chi connectivity index (χ4v) is 4.09. The maximum absolute atomic E-state index is 13.3. The van der Waals surface area contributed by atoms with E-state index in [0.29, 0.717) is 25.8 Å². The maximum atomic E-state index is 13.3. The lowest BCUT2D eigenvalue weighted by atomic mass is 9.85. The van der Waals surface area contributed by atoms with E-state index < -0.39 is 35.5 Å². The molecule has 0 aromatic carbocycles. The van der Waals surface area contributed by atoms with Crippen molar-refractivity contribution in [2.75, 3.05) is 13.2 Å². The van der Waals surface area contributed by atoms with E-state index in [1.54, 1.807) is 0 Å². The van der Waals surface area contributed by atoms with Crippen LogP contribution in [0.1, 0.15) is 93.4 Å². The highest BCUT2D eigenvalue weighted by Gasteiger charge is 2.34. The number of hydrogen-bond donors (Lipinski definition) is 2. The maximum Gasteiger partial charge on any atom is 0.306 e. The molecule has 0 spiro atoms. The monoisotopic (exact) mass is 494 g/mol. The smallest absolute Gasteiger partial charge is 0.306 e. The second-order valence-electron chi connectivity index (χ2n) is 11.6. The van der Waals surface area contributed by atoms with Gasteiger partial charge in [-0.2, -0.15) is 0 Å². The number of amides is 2. The van der Waals surface area contributed by atoms with E-state index in [4.69, 9.17) is 4.74 Å². The summed E-state index contributed by atoms with van der Waals surface area (Å²) in [7, 11) is 0. The molecule has 1 saturated heterocycles. The Labute approximate surface area is 210 Å². The van der Waals surface area contributed by atoms with Gasteiger partial charge in [-0.25, -0.2) is 0 Å². The minimum Gasteiger partial charge on any atom is -0.465 e. The van der Waals surface area contributed by atoms with Gasteiger partial charge in [0, 0.05) is 18.9 Å². The van der Waals surface area contributed by atoms with Gasteiger partial charge in [-0.15, -0.1) is 0 Å². The Balaban J connectivity index is 2.95. The van der Waals surface area contributed by atoms with Crippen LogP contribution < -0.4 is 10.6 Å². The van der Waals surface area contributed by atoms with Gasteiger partial charge in [0.1, 0.15) is 0 Å². The zero-order chi connectivity index (χ0) is 26.8. The van der Waals surface area contributed by atoms with E-state index in [-0.39, 0.29) is 48.4 Å². The molecule has 1 aliphatic rings. The van der Waals surface area contributed by atoms with Gasteiger partial charge in [0.15, 0.2) is 5.78 Å². The van der Waals surface area contributed by atoms with Gasteiger partial charge in [0.05, 0.1) is 25.0 Å². The molecule has 1 rings (SSSR count). The van der Waals surface area contributed by atoms with Crippen molar-refractivity contribution in [2.45, 2.75) is 99.5 Å². The van der Waals surface area contributed by atoms with Crippen LogP contribution in [0.2, 0.25) is 0 Å². The van der Waals surface area contributed by atoms with E-state index in [1.807, 2.05) is 48.5 Å². The molecule has 2 N–H and O–H groups in total. The Morgan fingerprint density at radius 3 is 2.34 bits per heavy atom. The molecule has 1 heterocycles. The highest BCUT2D eigenvalue weighted by molar-refractivity contribution is 6.37. The molecule has 35 heavy (non-hydrogen) atoms. The second-order valence-corrected chi connectivity index (χ2v) is 11.6. The molecule has 8 heteroatoms. The van der Waals surface area contributed by atoms with Gasteiger partial charge in [0.25, 0.3) is 5.91 Å². The summed E-state index contributed by atoms with van der Waals surface area (Å²) in [5.41, 5.74) is -0.177. The molecule has 0 aromatic rings. The topological polar surface area (TPSA) is 119 Å². The Morgan fingerprint density at radius 2 is 1.77 bits per heavy atom. The minimum atomic E-state index is -0.777. The molecule has 0 saturated carbocycles. The zero-order valence-corrected chi connectivity index (χ0v) is 22.7. The molecule has 1 aliphatic heterocycles. The third kappa shape index (κ3) is 11.4. The zero-order valence-electron chi connectivity index (χ0n) is 22.7. The van der Waals surface area contributed by atoms with Crippen molar-refractivity contribution in [3.8, 4) is 0 Å². The van der Waals surface area contributed by atoms with Crippen LogP contribution in [0.3, 0.4) is 0 Å². The molecule has 1 fully saturated rings. The fourth-order valence-electron chi connectivity index (χ4n) is 4.09. The fraction of sp³-hybridized carbons (Fsp3) is 0.815. The number of Topliss-reactive ketones (excluding diaryl/α,β-unsaturated/α-hetero) is 2. The molecule has 4 unspecified atom stereocenters. The van der Waals surface area contributed by atoms with Crippen molar-refractivity contribution in [3.05, 3.63) is 0 Å². The second kappa shape index (κ2) is 14.3. The lowest BCUT2D eigenvalue weighted by molar-refractivity contribution is -0.150. The first-order valence-corrected chi connectivity index (χ1v) is 13.1. The summed E-state index contributed by atoms with van der Waals surface area (Å²) < 4.78 is 5.38. The van der Waals surface area contributed by atoms with Crippen LogP contribution in [0.25, 0.3) is 0 Å². The highest BCUT2D eigenvalue weighted by atomic mass is 16.5. The summed E-state index contributed by atoms with van der Waals surface area (Å²) in [6.07, 6.45) is 2.97. The third-order valence-corrected chi connectivity index (χ3v) is 6.44. The molecular formula is C27H46N2O6. The molecule has 8 nitrogen and oxygen atoms in total. The van der Waals surface area contributed by atoms with Crippen LogP contribution in [-0.4, -0.2) is 48.5 Å². The number of ketones is 2. The molecule has 0 aromatic heterocycles. The number of nitrogens with one attached hydrogen (secondary N) is 2. The lowest BCUT2D eigenvalue weighted by Crippen LogP contribution is -2.47. The summed E-state index contributed by atoms with van der Waals surface area (Å²) in [5, 5.41) is 5.47. The Kier molecular flexibility index (Phi) is 12.6. The molecule has 0 aliphatic carbocycles. The van der Waals surface area contributed by atoms with E-state index in [1.165, 1.54) is 0 Å². The van der Waals surface area contributed by atoms with Crippen molar-refractivity contribution in [3.63, 3.8) is 0 Å². The number of hydrogen-bond acceptors (Lipinski definition) is 6. The predicted molar refractivity (Wildman–Crippen MR) is 134 cm³/mol. The SMILES string of the molecule is CCC(C)C(CC(=O)OCC(C)(C)C)C(=O)NC(CC(C)C)C(=O)CC1CCCCNC(=O)C1=O. The normalized spacial score (nSPS) is 19.7. The quantitative estimate of drug-likeness (QED) is 0.316. The van der Waals surface area contributed by atoms with Gasteiger partial charge >= 0.3 is 5.97 Å². The molecule has 0 bridgehead atoms. The molecule has 4 atom stereocenters. The number of ether oxygens (including phenoxy) is 1. The highest BCUT2D eigenvalue weighted by Crippen LogP contribution is 2.23. The summed E-state index contributed by atoms with van der Waals surface area (Å²) >= 11 is 0. The Hall–Kier alpha value is -2.25. The molecule has 2 amide bonds. The van der Waals surface area contributed by atoms with Crippen molar-refractivity contribution in [1.82, 2.24) is 10.6 Å². The van der Waals surface area contributed by atoms with Crippen LogP contribution >= 0.6 is 0 Å². The van der Waals surface area contributed by atoms with E-state index >= 15 is 0 Å². The van der Waals surface area contributed by atoms with Crippen molar-refractivity contribution in [2.24, 2.45) is 29.1 Å². The summed E-state index contributed by atoms with van der Waals surface area (Å²) in [5.74, 6) is -3.49. The summed E-state index contributed by atoms with van der Waals surface area (Å²) in [6.45, 7) is 14.4. The third-order valence-electron chi connectivity index (χ3n) is 6.44. The number of carbonyl (C=O) groups is 5. The van der Waals surface area contributed by atoms with Crippen molar-refractivity contribution >= 4 is 29.4 Å². The van der Waals surface area contributed by atoms with Crippen molar-refractivity contribution < 1.29 is 28.7 Å². The van der Waals surface area contributed by atoms with E-state index in [0.717, 1.165) is 12.8 Å². The average molecular weight is 495 g/mol. The van der Waals surface area contributed by atoms with Gasteiger partial charge in [-0.05, 0) is 36.5 Å². The van der Waals surface area contributed by atoms with Gasteiger partial charge in [-0.1, -0.05) is 61.3 Å². The predicted octanol–water partition coefficient (Wildman–Crippen LogP) is 3.60. The lowest BCUT2D eigenvalue weighted by Gasteiger charge is -2.27. The van der Waals surface area contributed by atoms with Crippen LogP contribution in [0.4, 0.5) is 0 Å². The van der Waals surface area contributed by atoms with Crippen LogP contribution in [0, 0.1) is 29.1 Å². The first kappa shape index (κ1) is 30.8. The largest absolute Gasteiger partial charge is 0.465 e. The molecule has 0 radical (unpaired) electrons. The standard InChI is InChI=1S/C27H46N2O6/c1-8-18(4)20(15-23(31)35-16-27(5,6)7)25(33)29-21(13-17(2)3)22(30)14-19-11-9-10-12-28-26(34)24(19)32/h17-21H,8-16H2,1-7H3,(H,28,34)(H,29,33). The summed E-state index contributed by atoms with van der Waals surface area (Å²) in [4.78, 5) is 63.5. The number of carbonyl (C=O) groups excluding carboxylic acids is 5. The van der Waals surface area contributed by atoms with Gasteiger partial charge in [0.2, 0.25) is 11.7 Å². The average Bonchev–Trinajstić information content (AvgIpc) is 2.76. The Morgan fingerprint density at radius 1 is 1.11 bits per heavy atom. The van der Waals surface area contributed by atoms with Gasteiger partial charge < -0.3 is 15.4 Å². The summed E-state index contributed by atoms with van der Waals surface area (Å²) in [6, 6.07) is -0.777. The van der Waals surface area contributed by atoms with E-state index in [9.17, 15) is 24.0 Å². The first-order chi connectivity index (χ1) is 16.2. The Bertz CT molecular complexity index is 755. The van der Waals surface area contributed by atoms with Gasteiger partial charge in [-0.3, -0.25) is 24.0 Å². The first-order valence-electron chi connectivity index (χ1n) is 13.1. The number of rotatable bonds is 12.